The van der Waals surface area contributed by atoms with E-state index in [1.165, 1.54) is 25.1 Å². The molecule has 90 valence electrons. The van der Waals surface area contributed by atoms with Crippen LogP contribution in [-0.4, -0.2) is 25.6 Å². The molecule has 17 heavy (non-hydrogen) atoms. The Morgan fingerprint density at radius 2 is 2.12 bits per heavy atom. The molecule has 1 aromatic carbocycles. The molecule has 0 aromatic heterocycles. The maximum atomic E-state index is 11.1. The van der Waals surface area contributed by atoms with Gasteiger partial charge in [-0.15, -0.1) is 0 Å². The Morgan fingerprint density at radius 1 is 1.47 bits per heavy atom. The Kier molecular flexibility index (Phi) is 3.62. The number of para-hydroxylation sites is 1. The van der Waals surface area contributed by atoms with Gasteiger partial charge in [-0.05, 0) is 23.0 Å². The lowest BCUT2D eigenvalue weighted by molar-refractivity contribution is 0.0695. The zero-order chi connectivity index (χ0) is 13.1. The molecule has 1 N–H and O–H groups in total. The van der Waals surface area contributed by atoms with Crippen LogP contribution in [0.2, 0.25) is 0 Å². The van der Waals surface area contributed by atoms with Crippen LogP contribution >= 0.6 is 0 Å². The number of nitrogens with zero attached hydrogens (tertiary/aromatic N) is 1. The van der Waals surface area contributed by atoms with Crippen molar-refractivity contribution in [3.63, 3.8) is 0 Å². The third-order valence-corrected chi connectivity index (χ3v) is 2.46. The maximum Gasteiger partial charge on any atom is 0.439 e. The van der Waals surface area contributed by atoms with Gasteiger partial charge in [0.05, 0.1) is 0 Å². The van der Waals surface area contributed by atoms with Gasteiger partial charge in [0.15, 0.2) is 5.75 Å². The zero-order valence-corrected chi connectivity index (χ0v) is 9.39. The predicted octanol–water partition coefficient (Wildman–Crippen LogP) is 0.653. The first kappa shape index (κ1) is 12.9. The van der Waals surface area contributed by atoms with Crippen LogP contribution in [0.25, 0.3) is 0 Å². The third-order valence-electron chi connectivity index (χ3n) is 1.78. The number of hydrogen-bond donors (Lipinski definition) is 1. The largest absolute Gasteiger partial charge is 0.478 e. The first-order valence-electron chi connectivity index (χ1n) is 4.24. The number of isocyanates is 1. The molecule has 0 atom stereocenters. The minimum atomic E-state index is -4.53. The van der Waals surface area contributed by atoms with E-state index in [0.29, 0.717) is 0 Å². The SMILES string of the molecule is Cc1cccc(C(=O)O)c1OS(=O)(=O)N=C=O. The highest BCUT2D eigenvalue weighted by molar-refractivity contribution is 7.85. The van der Waals surface area contributed by atoms with Gasteiger partial charge in [0.1, 0.15) is 5.56 Å². The predicted molar refractivity (Wildman–Crippen MR) is 55.8 cm³/mol. The van der Waals surface area contributed by atoms with E-state index in [1.54, 1.807) is 0 Å². The van der Waals surface area contributed by atoms with Gasteiger partial charge >= 0.3 is 16.3 Å². The van der Waals surface area contributed by atoms with Crippen molar-refractivity contribution in [1.82, 2.24) is 0 Å². The number of rotatable bonds is 4. The lowest BCUT2D eigenvalue weighted by atomic mass is 10.1. The fraction of sp³-hybridized carbons (Fsp3) is 0.111. The van der Waals surface area contributed by atoms with Crippen molar-refractivity contribution in [2.45, 2.75) is 6.92 Å². The molecule has 0 spiro atoms. The average Bonchev–Trinajstić information content (AvgIpc) is 2.20. The molecule has 1 aromatic rings. The highest BCUT2D eigenvalue weighted by Gasteiger charge is 2.19. The molecule has 0 saturated carbocycles. The number of carboxylic acids is 1. The minimum absolute atomic E-state index is 0.287. The monoisotopic (exact) mass is 257 g/mol. The standard InChI is InChI=1S/C9H7NO6S/c1-6-3-2-4-7(9(12)13)8(6)16-17(14,15)10-5-11/h2-4H,1H3,(H,12,13). The second-order valence-corrected chi connectivity index (χ2v) is 4.16. The molecule has 0 aliphatic heterocycles. The summed E-state index contributed by atoms with van der Waals surface area (Å²) >= 11 is 0. The van der Waals surface area contributed by atoms with Crippen LogP contribution in [0.4, 0.5) is 0 Å². The number of carbonyl (C=O) groups is 1. The van der Waals surface area contributed by atoms with Crippen molar-refractivity contribution >= 4 is 22.4 Å². The summed E-state index contributed by atoms with van der Waals surface area (Å²) < 4.78 is 29.0. The molecule has 0 aliphatic rings. The van der Waals surface area contributed by atoms with Crippen molar-refractivity contribution < 1.29 is 27.3 Å². The molecule has 1 rings (SSSR count). The molecular formula is C9H7NO6S. The van der Waals surface area contributed by atoms with Crippen LogP contribution in [-0.2, 0) is 15.1 Å². The van der Waals surface area contributed by atoms with Gasteiger partial charge < -0.3 is 9.29 Å². The molecule has 0 radical (unpaired) electrons. The molecule has 0 amide bonds. The fourth-order valence-electron chi connectivity index (χ4n) is 1.10. The number of carbonyl (C=O) groups excluding carboxylic acids is 1. The molecule has 0 aliphatic carbocycles. The normalized spacial score (nSPS) is 10.4. The van der Waals surface area contributed by atoms with E-state index in [-0.39, 0.29) is 16.9 Å². The molecule has 0 unspecified atom stereocenters. The summed E-state index contributed by atoms with van der Waals surface area (Å²) in [5.41, 5.74) is -0.0516. The van der Waals surface area contributed by atoms with Gasteiger partial charge in [-0.2, -0.15) is 8.42 Å². The number of aryl methyl sites for hydroxylation is 1. The maximum absolute atomic E-state index is 11.1. The molecule has 8 heteroatoms. The zero-order valence-electron chi connectivity index (χ0n) is 8.58. The van der Waals surface area contributed by atoms with Crippen LogP contribution in [0.1, 0.15) is 15.9 Å². The lowest BCUT2D eigenvalue weighted by Gasteiger charge is -2.08. The van der Waals surface area contributed by atoms with Crippen LogP contribution < -0.4 is 4.18 Å². The quantitative estimate of drug-likeness (QED) is 0.626. The van der Waals surface area contributed by atoms with Crippen LogP contribution in [0.5, 0.6) is 5.75 Å². The van der Waals surface area contributed by atoms with E-state index in [0.717, 1.165) is 6.08 Å². The fourth-order valence-corrected chi connectivity index (χ4v) is 1.66. The Balaban J connectivity index is 3.32. The van der Waals surface area contributed by atoms with E-state index in [4.69, 9.17) is 5.11 Å². The molecule has 0 saturated heterocycles. The highest BCUT2D eigenvalue weighted by atomic mass is 32.2. The van der Waals surface area contributed by atoms with Gasteiger partial charge in [-0.3, -0.25) is 0 Å². The number of aromatic carboxylic acids is 1. The van der Waals surface area contributed by atoms with Gasteiger partial charge in [0, 0.05) is 0 Å². The summed E-state index contributed by atoms with van der Waals surface area (Å²) in [7, 11) is -4.53. The first-order chi connectivity index (χ1) is 7.87. The van der Waals surface area contributed by atoms with Gasteiger partial charge in [-0.25, -0.2) is 9.59 Å². The van der Waals surface area contributed by atoms with Crippen molar-refractivity contribution in [3.8, 4) is 5.75 Å². The van der Waals surface area contributed by atoms with Crippen LogP contribution in [0.3, 0.4) is 0 Å². The van der Waals surface area contributed by atoms with Crippen LogP contribution in [0.15, 0.2) is 22.6 Å². The topological polar surface area (TPSA) is 110 Å². The van der Waals surface area contributed by atoms with E-state index >= 15 is 0 Å². The Labute approximate surface area is 96.6 Å². The minimum Gasteiger partial charge on any atom is -0.478 e. The van der Waals surface area contributed by atoms with E-state index in [9.17, 15) is 18.0 Å². The number of carboxylic acid groups (broad SMARTS) is 1. The molecule has 0 bridgehead atoms. The first-order valence-corrected chi connectivity index (χ1v) is 5.60. The molecule has 7 nitrogen and oxygen atoms in total. The number of hydrogen-bond acceptors (Lipinski definition) is 5. The van der Waals surface area contributed by atoms with Gasteiger partial charge in [0.2, 0.25) is 0 Å². The molecular weight excluding hydrogens is 250 g/mol. The Hall–Kier alpha value is -2.18. The van der Waals surface area contributed by atoms with Crippen molar-refractivity contribution in [1.29, 1.82) is 0 Å². The van der Waals surface area contributed by atoms with Crippen molar-refractivity contribution in [3.05, 3.63) is 29.3 Å². The van der Waals surface area contributed by atoms with Crippen molar-refractivity contribution in [2.24, 2.45) is 4.40 Å². The molecule has 0 fully saturated rings. The highest BCUT2D eigenvalue weighted by Crippen LogP contribution is 2.25. The second-order valence-electron chi connectivity index (χ2n) is 2.95. The third kappa shape index (κ3) is 3.13. The lowest BCUT2D eigenvalue weighted by Crippen LogP contribution is -2.10. The summed E-state index contributed by atoms with van der Waals surface area (Å²) in [6.07, 6.45) is 0.811. The summed E-state index contributed by atoms with van der Waals surface area (Å²) in [5, 5.41) is 8.83. The van der Waals surface area contributed by atoms with E-state index in [1.807, 2.05) is 0 Å². The summed E-state index contributed by atoms with van der Waals surface area (Å²) in [5.74, 6) is -1.73. The Bertz CT molecular complexity index is 600. The smallest absolute Gasteiger partial charge is 0.439 e. The summed E-state index contributed by atoms with van der Waals surface area (Å²) in [4.78, 5) is 20.7. The molecule has 0 heterocycles. The van der Waals surface area contributed by atoms with E-state index < -0.39 is 16.3 Å². The second kappa shape index (κ2) is 4.77. The van der Waals surface area contributed by atoms with Crippen LogP contribution in [0, 0.1) is 6.92 Å². The van der Waals surface area contributed by atoms with Gasteiger partial charge in [-0.1, -0.05) is 12.1 Å². The number of benzene rings is 1. The summed E-state index contributed by atoms with van der Waals surface area (Å²) in [6.45, 7) is 1.46. The van der Waals surface area contributed by atoms with E-state index in [2.05, 4.69) is 8.58 Å². The van der Waals surface area contributed by atoms with Gasteiger partial charge in [0.25, 0.3) is 6.08 Å². The summed E-state index contributed by atoms with van der Waals surface area (Å²) in [6, 6.07) is 4.06. The van der Waals surface area contributed by atoms with Crippen molar-refractivity contribution in [2.75, 3.05) is 0 Å². The Morgan fingerprint density at radius 3 is 2.65 bits per heavy atom. The average molecular weight is 257 g/mol.